The largest absolute Gasteiger partial charge is 0.491 e. The SMILES string of the molecule is Clc1ccc([C@]2(Cn3cncn3)OC[C@@H](COc3ccc(-n4ccnc4)cc3)O2)c(Cl)c1. The van der Waals surface area contributed by atoms with Crippen LogP contribution in [-0.2, 0) is 21.8 Å². The molecule has 2 aromatic carbocycles. The van der Waals surface area contributed by atoms with E-state index < -0.39 is 5.79 Å². The van der Waals surface area contributed by atoms with Gasteiger partial charge in [-0.2, -0.15) is 5.10 Å². The third-order valence-electron chi connectivity index (χ3n) is 5.11. The van der Waals surface area contributed by atoms with Crippen molar-refractivity contribution in [1.82, 2.24) is 24.3 Å². The average Bonchev–Trinajstić information content (AvgIpc) is 3.56. The first-order valence-electron chi connectivity index (χ1n) is 9.92. The van der Waals surface area contributed by atoms with Gasteiger partial charge in [0.1, 0.15) is 37.7 Å². The van der Waals surface area contributed by atoms with Crippen LogP contribution in [0, 0.1) is 0 Å². The van der Waals surface area contributed by atoms with Gasteiger partial charge in [0, 0.05) is 28.7 Å². The second kappa shape index (κ2) is 8.91. The topological polar surface area (TPSA) is 76.2 Å². The molecular formula is C22H19Cl2N5O3. The zero-order valence-electron chi connectivity index (χ0n) is 16.8. The van der Waals surface area contributed by atoms with Crippen LogP contribution in [0.2, 0.25) is 10.0 Å². The lowest BCUT2D eigenvalue weighted by atomic mass is 10.1. The number of ether oxygens (including phenoxy) is 3. The molecule has 1 saturated heterocycles. The first kappa shape index (κ1) is 21.0. The molecule has 0 saturated carbocycles. The number of halogens is 2. The standard InChI is InChI=1S/C22H19Cl2N5O3/c23-16-1-6-20(21(24)9-16)22(12-29-15-26-13-27-29)31-11-19(32-22)10-30-18-4-2-17(3-5-18)28-8-7-25-14-28/h1-9,13-15,19H,10-12H2/t19-,22-/m1/s1. The fraction of sp³-hybridized carbons (Fsp3) is 0.227. The molecule has 5 rings (SSSR count). The Morgan fingerprint density at radius 2 is 1.97 bits per heavy atom. The van der Waals surface area contributed by atoms with Crippen molar-refractivity contribution in [1.29, 1.82) is 0 Å². The minimum atomic E-state index is -1.13. The summed E-state index contributed by atoms with van der Waals surface area (Å²) >= 11 is 12.6. The van der Waals surface area contributed by atoms with Crippen molar-refractivity contribution in [3.63, 3.8) is 0 Å². The Morgan fingerprint density at radius 3 is 2.69 bits per heavy atom. The quantitative estimate of drug-likeness (QED) is 0.403. The maximum absolute atomic E-state index is 6.49. The van der Waals surface area contributed by atoms with Gasteiger partial charge in [-0.3, -0.25) is 0 Å². The molecular weight excluding hydrogens is 453 g/mol. The van der Waals surface area contributed by atoms with Gasteiger partial charge >= 0.3 is 0 Å². The first-order valence-corrected chi connectivity index (χ1v) is 10.7. The van der Waals surface area contributed by atoms with Crippen molar-refractivity contribution in [3.05, 3.63) is 89.4 Å². The monoisotopic (exact) mass is 471 g/mol. The highest BCUT2D eigenvalue weighted by atomic mass is 35.5. The van der Waals surface area contributed by atoms with Crippen LogP contribution in [0.15, 0.2) is 73.8 Å². The predicted molar refractivity (Wildman–Crippen MR) is 118 cm³/mol. The van der Waals surface area contributed by atoms with Crippen molar-refractivity contribution >= 4 is 23.2 Å². The maximum atomic E-state index is 6.49. The number of nitrogens with zero attached hydrogens (tertiary/aromatic N) is 5. The van der Waals surface area contributed by atoms with Gasteiger partial charge in [0.2, 0.25) is 5.79 Å². The van der Waals surface area contributed by atoms with Crippen LogP contribution in [0.4, 0.5) is 0 Å². The molecule has 1 aliphatic rings. The number of imidazole rings is 1. The molecule has 2 atom stereocenters. The highest BCUT2D eigenvalue weighted by Crippen LogP contribution is 2.40. The van der Waals surface area contributed by atoms with Gasteiger partial charge in [0.25, 0.3) is 0 Å². The van der Waals surface area contributed by atoms with E-state index in [1.165, 1.54) is 6.33 Å². The Hall–Kier alpha value is -2.91. The fourth-order valence-electron chi connectivity index (χ4n) is 3.60. The summed E-state index contributed by atoms with van der Waals surface area (Å²) in [5.41, 5.74) is 1.67. The molecule has 4 aromatic rings. The minimum absolute atomic E-state index is 0.282. The lowest BCUT2D eigenvalue weighted by Crippen LogP contribution is -2.35. The summed E-state index contributed by atoms with van der Waals surface area (Å²) < 4.78 is 22.0. The van der Waals surface area contributed by atoms with Gasteiger partial charge in [0.15, 0.2) is 0 Å². The van der Waals surface area contributed by atoms with Crippen LogP contribution < -0.4 is 4.74 Å². The molecule has 0 radical (unpaired) electrons. The van der Waals surface area contributed by atoms with E-state index in [1.807, 2.05) is 35.0 Å². The van der Waals surface area contributed by atoms with E-state index in [1.54, 1.807) is 41.7 Å². The fourth-order valence-corrected chi connectivity index (χ4v) is 4.15. The van der Waals surface area contributed by atoms with Crippen LogP contribution in [0.1, 0.15) is 5.56 Å². The summed E-state index contributed by atoms with van der Waals surface area (Å²) in [6.45, 7) is 0.931. The smallest absolute Gasteiger partial charge is 0.217 e. The Morgan fingerprint density at radius 1 is 1.09 bits per heavy atom. The van der Waals surface area contributed by atoms with Crippen LogP contribution in [0.5, 0.6) is 5.75 Å². The summed E-state index contributed by atoms with van der Waals surface area (Å²) in [6.07, 6.45) is 8.12. The van der Waals surface area contributed by atoms with Crippen molar-refractivity contribution < 1.29 is 14.2 Å². The first-order chi connectivity index (χ1) is 15.6. The number of benzene rings is 2. The molecule has 32 heavy (non-hydrogen) atoms. The summed E-state index contributed by atoms with van der Waals surface area (Å²) in [7, 11) is 0. The van der Waals surface area contributed by atoms with E-state index >= 15 is 0 Å². The molecule has 164 valence electrons. The molecule has 2 aromatic heterocycles. The van der Waals surface area contributed by atoms with Gasteiger partial charge in [0.05, 0.1) is 18.0 Å². The summed E-state index contributed by atoms with van der Waals surface area (Å²) in [6, 6.07) is 13.0. The molecule has 10 heteroatoms. The number of rotatable bonds is 7. The average molecular weight is 472 g/mol. The van der Waals surface area contributed by atoms with Crippen molar-refractivity contribution in [2.24, 2.45) is 0 Å². The zero-order valence-corrected chi connectivity index (χ0v) is 18.4. The molecule has 0 unspecified atom stereocenters. The third kappa shape index (κ3) is 4.35. The van der Waals surface area contributed by atoms with E-state index in [9.17, 15) is 0 Å². The van der Waals surface area contributed by atoms with E-state index in [0.29, 0.717) is 28.8 Å². The molecule has 3 heterocycles. The van der Waals surface area contributed by atoms with Crippen molar-refractivity contribution in [2.45, 2.75) is 18.4 Å². The van der Waals surface area contributed by atoms with Crippen LogP contribution in [0.3, 0.4) is 0 Å². The van der Waals surface area contributed by atoms with Gasteiger partial charge in [-0.05, 0) is 36.4 Å². The molecule has 0 amide bonds. The lowest BCUT2D eigenvalue weighted by molar-refractivity contribution is -0.190. The number of aromatic nitrogens is 5. The maximum Gasteiger partial charge on any atom is 0.217 e. The Labute approximate surface area is 194 Å². The molecule has 0 N–H and O–H groups in total. The normalized spacial score (nSPS) is 20.5. The predicted octanol–water partition coefficient (Wildman–Crippen LogP) is 4.12. The Bertz CT molecular complexity index is 1170. The zero-order chi connectivity index (χ0) is 22.0. The summed E-state index contributed by atoms with van der Waals surface area (Å²) in [4.78, 5) is 8.06. The number of hydrogen-bond donors (Lipinski definition) is 0. The second-order valence-electron chi connectivity index (χ2n) is 7.30. The van der Waals surface area contributed by atoms with Crippen LogP contribution in [0.25, 0.3) is 5.69 Å². The Balaban J connectivity index is 1.30. The molecule has 1 fully saturated rings. The minimum Gasteiger partial charge on any atom is -0.491 e. The van der Waals surface area contributed by atoms with Gasteiger partial charge in [-0.15, -0.1) is 0 Å². The van der Waals surface area contributed by atoms with Gasteiger partial charge < -0.3 is 18.8 Å². The van der Waals surface area contributed by atoms with Crippen LogP contribution in [-0.4, -0.2) is 43.6 Å². The van der Waals surface area contributed by atoms with Crippen molar-refractivity contribution in [2.75, 3.05) is 13.2 Å². The molecule has 0 bridgehead atoms. The molecule has 0 aliphatic carbocycles. The van der Waals surface area contributed by atoms with E-state index in [4.69, 9.17) is 37.4 Å². The van der Waals surface area contributed by atoms with E-state index in [-0.39, 0.29) is 12.6 Å². The Kier molecular flexibility index (Phi) is 5.84. The van der Waals surface area contributed by atoms with E-state index in [2.05, 4.69) is 15.1 Å². The van der Waals surface area contributed by atoms with Crippen molar-refractivity contribution in [3.8, 4) is 11.4 Å². The van der Waals surface area contributed by atoms with E-state index in [0.717, 1.165) is 11.4 Å². The van der Waals surface area contributed by atoms with Crippen LogP contribution >= 0.6 is 23.2 Å². The summed E-state index contributed by atoms with van der Waals surface area (Å²) in [5, 5.41) is 5.17. The highest BCUT2D eigenvalue weighted by molar-refractivity contribution is 6.35. The summed E-state index contributed by atoms with van der Waals surface area (Å²) in [5.74, 6) is -0.398. The molecule has 0 spiro atoms. The van der Waals surface area contributed by atoms with Gasteiger partial charge in [-0.25, -0.2) is 14.6 Å². The molecule has 8 nitrogen and oxygen atoms in total. The highest BCUT2D eigenvalue weighted by Gasteiger charge is 2.45. The lowest BCUT2D eigenvalue weighted by Gasteiger charge is -2.29. The number of hydrogen-bond acceptors (Lipinski definition) is 6. The second-order valence-corrected chi connectivity index (χ2v) is 8.14. The van der Waals surface area contributed by atoms with Gasteiger partial charge in [-0.1, -0.05) is 29.3 Å². The third-order valence-corrected chi connectivity index (χ3v) is 5.66. The molecule has 1 aliphatic heterocycles.